The highest BCUT2D eigenvalue weighted by molar-refractivity contribution is 7.58. The van der Waals surface area contributed by atoms with E-state index in [2.05, 4.69) is 87.7 Å². The van der Waals surface area contributed by atoms with Crippen LogP contribution >= 0.6 is 7.44 Å². The SMILES string of the molecule is C=CCN1C(C)(C)CC(N2CCN(C3CC(C)(C)N(CC=C)C(C)(C)C3)P2(C)=O)CC1(C)C. The quantitative estimate of drug-likeness (QED) is 0.353. The van der Waals surface area contributed by atoms with Crippen LogP contribution in [0, 0.1) is 0 Å². The zero-order valence-corrected chi connectivity index (χ0v) is 23.9. The van der Waals surface area contributed by atoms with Crippen molar-refractivity contribution in [3.63, 3.8) is 0 Å². The van der Waals surface area contributed by atoms with E-state index in [4.69, 9.17) is 0 Å². The van der Waals surface area contributed by atoms with Crippen molar-refractivity contribution in [2.24, 2.45) is 0 Å². The zero-order chi connectivity index (χ0) is 25.0. The van der Waals surface area contributed by atoms with Crippen molar-refractivity contribution in [1.82, 2.24) is 19.1 Å². The third kappa shape index (κ3) is 4.96. The summed E-state index contributed by atoms with van der Waals surface area (Å²) in [4.78, 5) is 5.16. The van der Waals surface area contributed by atoms with Gasteiger partial charge in [0.2, 0.25) is 7.44 Å². The summed E-state index contributed by atoms with van der Waals surface area (Å²) < 4.78 is 19.4. The Kier molecular flexibility index (Phi) is 7.31. The fraction of sp³-hybridized carbons (Fsp3) is 0.852. The molecule has 6 heteroatoms. The van der Waals surface area contributed by atoms with E-state index in [0.29, 0.717) is 12.1 Å². The van der Waals surface area contributed by atoms with E-state index in [9.17, 15) is 4.57 Å². The summed E-state index contributed by atoms with van der Waals surface area (Å²) in [6.07, 6.45) is 8.23. The molecule has 0 aromatic heterocycles. The van der Waals surface area contributed by atoms with Gasteiger partial charge in [-0.2, -0.15) is 0 Å². The summed E-state index contributed by atoms with van der Waals surface area (Å²) in [5.74, 6) is 0. The van der Waals surface area contributed by atoms with Crippen molar-refractivity contribution in [2.45, 2.75) is 115 Å². The molecule has 0 aromatic carbocycles. The normalized spacial score (nSPS) is 30.9. The first kappa shape index (κ1) is 27.1. The first-order valence-electron chi connectivity index (χ1n) is 12.9. The van der Waals surface area contributed by atoms with Crippen LogP contribution in [0.5, 0.6) is 0 Å². The molecule has 3 heterocycles. The van der Waals surface area contributed by atoms with Crippen LogP contribution in [0.15, 0.2) is 25.3 Å². The summed E-state index contributed by atoms with van der Waals surface area (Å²) in [6, 6.07) is 0.692. The average Bonchev–Trinajstić information content (AvgIpc) is 2.94. The van der Waals surface area contributed by atoms with Crippen LogP contribution in [-0.2, 0) is 4.57 Å². The van der Waals surface area contributed by atoms with Crippen molar-refractivity contribution in [2.75, 3.05) is 32.8 Å². The Labute approximate surface area is 204 Å². The largest absolute Gasteiger partial charge is 0.289 e. The Morgan fingerprint density at radius 2 is 0.970 bits per heavy atom. The lowest BCUT2D eigenvalue weighted by molar-refractivity contribution is -0.0436. The van der Waals surface area contributed by atoms with Gasteiger partial charge < -0.3 is 0 Å². The van der Waals surface area contributed by atoms with Gasteiger partial charge in [-0.3, -0.25) is 14.4 Å². The van der Waals surface area contributed by atoms with Gasteiger partial charge >= 0.3 is 0 Å². The van der Waals surface area contributed by atoms with E-state index in [0.717, 1.165) is 51.9 Å². The predicted octanol–water partition coefficient (Wildman–Crippen LogP) is 5.84. The second-order valence-corrected chi connectivity index (χ2v) is 16.0. The average molecular weight is 479 g/mol. The second kappa shape index (κ2) is 8.89. The molecular weight excluding hydrogens is 427 g/mol. The first-order chi connectivity index (χ1) is 15.0. The molecular formula is C27H51N4OP. The molecule has 3 aliphatic heterocycles. The first-order valence-corrected chi connectivity index (χ1v) is 14.9. The molecule has 190 valence electrons. The monoisotopic (exact) mass is 478 g/mol. The molecule has 0 atom stereocenters. The lowest BCUT2D eigenvalue weighted by Gasteiger charge is -2.58. The topological polar surface area (TPSA) is 30.0 Å². The second-order valence-electron chi connectivity index (χ2n) is 13.3. The van der Waals surface area contributed by atoms with Gasteiger partial charge in [-0.1, -0.05) is 12.2 Å². The van der Waals surface area contributed by atoms with Crippen LogP contribution in [-0.4, -0.2) is 86.2 Å². The Balaban J connectivity index is 1.83. The Hall–Kier alpha value is -0.450. The molecule has 0 aliphatic carbocycles. The fourth-order valence-electron chi connectivity index (χ4n) is 7.89. The van der Waals surface area contributed by atoms with E-state index in [1.54, 1.807) is 0 Å². The number of piperidine rings is 2. The van der Waals surface area contributed by atoms with E-state index >= 15 is 0 Å². The number of nitrogens with zero attached hydrogens (tertiary/aromatic N) is 4. The van der Waals surface area contributed by atoms with Crippen LogP contribution in [0.4, 0.5) is 0 Å². The van der Waals surface area contributed by atoms with Gasteiger partial charge in [0.1, 0.15) is 0 Å². The molecule has 0 bridgehead atoms. The number of rotatable bonds is 6. The third-order valence-electron chi connectivity index (χ3n) is 8.84. The van der Waals surface area contributed by atoms with Crippen molar-refractivity contribution in [1.29, 1.82) is 0 Å². The smallest absolute Gasteiger partial charge is 0.214 e. The zero-order valence-electron chi connectivity index (χ0n) is 23.0. The number of likely N-dealkylation sites (tertiary alicyclic amines) is 2. The maximum atomic E-state index is 14.5. The molecule has 3 aliphatic rings. The maximum Gasteiger partial charge on any atom is 0.214 e. The molecule has 3 fully saturated rings. The molecule has 0 radical (unpaired) electrons. The van der Waals surface area contributed by atoms with Gasteiger partial charge in [-0.15, -0.1) is 13.2 Å². The third-order valence-corrected chi connectivity index (χ3v) is 11.8. The Bertz CT molecular complexity index is 704. The van der Waals surface area contributed by atoms with E-state index in [1.807, 2.05) is 18.8 Å². The van der Waals surface area contributed by atoms with Gasteiger partial charge in [-0.05, 0) is 81.1 Å². The minimum absolute atomic E-state index is 0.0496. The van der Waals surface area contributed by atoms with E-state index in [-0.39, 0.29) is 22.2 Å². The Morgan fingerprint density at radius 1 is 0.697 bits per heavy atom. The van der Waals surface area contributed by atoms with Gasteiger partial charge in [0.05, 0.1) is 0 Å². The molecule has 0 aromatic rings. The van der Waals surface area contributed by atoms with Crippen LogP contribution in [0.2, 0.25) is 0 Å². The predicted molar refractivity (Wildman–Crippen MR) is 143 cm³/mol. The lowest BCUT2D eigenvalue weighted by atomic mass is 9.76. The Morgan fingerprint density at radius 3 is 1.21 bits per heavy atom. The fourth-order valence-corrected chi connectivity index (χ4v) is 10.6. The van der Waals surface area contributed by atoms with Crippen molar-refractivity contribution < 1.29 is 4.57 Å². The highest BCUT2D eigenvalue weighted by Gasteiger charge is 2.54. The molecule has 33 heavy (non-hydrogen) atoms. The summed E-state index contributed by atoms with van der Waals surface area (Å²) in [6.45, 7) is 32.4. The van der Waals surface area contributed by atoms with E-state index < -0.39 is 7.44 Å². The van der Waals surface area contributed by atoms with Crippen molar-refractivity contribution in [3.8, 4) is 0 Å². The molecule has 0 saturated carbocycles. The van der Waals surface area contributed by atoms with Crippen LogP contribution in [0.25, 0.3) is 0 Å². The van der Waals surface area contributed by atoms with Gasteiger partial charge in [0.25, 0.3) is 0 Å². The molecule has 0 amide bonds. The van der Waals surface area contributed by atoms with Crippen molar-refractivity contribution >= 4 is 7.44 Å². The molecule has 3 rings (SSSR count). The summed E-state index contributed by atoms with van der Waals surface area (Å²) in [5, 5.41) is 0. The van der Waals surface area contributed by atoms with Crippen molar-refractivity contribution in [3.05, 3.63) is 25.3 Å². The minimum Gasteiger partial charge on any atom is -0.289 e. The molecule has 0 spiro atoms. The highest BCUT2D eigenvalue weighted by Crippen LogP contribution is 2.60. The summed E-state index contributed by atoms with van der Waals surface area (Å²) in [5.41, 5.74) is 0.199. The van der Waals surface area contributed by atoms with Gasteiger partial charge in [0.15, 0.2) is 0 Å². The number of hydrogen-bond acceptors (Lipinski definition) is 3. The molecule has 3 saturated heterocycles. The van der Waals surface area contributed by atoms with Crippen LogP contribution < -0.4 is 0 Å². The highest BCUT2D eigenvalue weighted by atomic mass is 31.2. The van der Waals surface area contributed by atoms with Crippen LogP contribution in [0.3, 0.4) is 0 Å². The van der Waals surface area contributed by atoms with E-state index in [1.165, 1.54) is 0 Å². The standard InChI is InChI=1S/C27H51N4OP/c1-12-14-30-24(3,4)18-22(19-25(30,5)6)28-16-17-29(33(28,11)32)23-20-26(7,8)31(15-13-2)27(9,10)21-23/h12-13,22-23H,1-2,14-21H2,3-11H3. The summed E-state index contributed by atoms with van der Waals surface area (Å²) in [7, 11) is -2.61. The minimum atomic E-state index is -2.61. The molecule has 0 unspecified atom stereocenters. The van der Waals surface area contributed by atoms with Gasteiger partial charge in [0, 0.05) is 67.1 Å². The maximum absolute atomic E-state index is 14.5. The summed E-state index contributed by atoms with van der Waals surface area (Å²) >= 11 is 0. The molecule has 0 N–H and O–H groups in total. The lowest BCUT2D eigenvalue weighted by Crippen LogP contribution is -2.64. The number of hydrogen-bond donors (Lipinski definition) is 0. The van der Waals surface area contributed by atoms with Crippen LogP contribution in [0.1, 0.15) is 81.1 Å². The molecule has 5 nitrogen and oxygen atoms in total. The van der Waals surface area contributed by atoms with Gasteiger partial charge in [-0.25, -0.2) is 9.34 Å².